The van der Waals surface area contributed by atoms with Crippen LogP contribution in [0.3, 0.4) is 0 Å². The first-order valence-electron chi connectivity index (χ1n) is 8.00. The van der Waals surface area contributed by atoms with Crippen molar-refractivity contribution in [3.8, 4) is 0 Å². The van der Waals surface area contributed by atoms with Crippen molar-refractivity contribution >= 4 is 15.7 Å². The highest BCUT2D eigenvalue weighted by Crippen LogP contribution is 2.21. The molecule has 1 aromatic carbocycles. The quantitative estimate of drug-likeness (QED) is 0.865. The monoisotopic (exact) mass is 339 g/mol. The van der Waals surface area contributed by atoms with E-state index >= 15 is 0 Å². The molecular weight excluding hydrogens is 310 g/mol. The van der Waals surface area contributed by atoms with E-state index in [-0.39, 0.29) is 5.75 Å². The molecule has 0 saturated heterocycles. The number of hydrogen-bond acceptors (Lipinski definition) is 3. The first-order valence-corrected chi connectivity index (χ1v) is 9.71. The lowest BCUT2D eigenvalue weighted by Gasteiger charge is -2.26. The third-order valence-electron chi connectivity index (χ3n) is 4.44. The molecule has 0 spiro atoms. The standard InChI is InChI=1S/C18H29NO3S/c1-8-18(6,7)19-17(20)15(5)23(21,22)11-16-13(3)9-12(2)10-14(16)4/h9-10,15H,8,11H2,1-7H3,(H,19,20). The van der Waals surface area contributed by atoms with Crippen LogP contribution in [0.15, 0.2) is 12.1 Å². The number of carbonyl (C=O) groups excluding carboxylic acids is 1. The van der Waals surface area contributed by atoms with E-state index in [1.54, 1.807) is 0 Å². The van der Waals surface area contributed by atoms with Gasteiger partial charge in [0, 0.05) is 5.54 Å². The minimum atomic E-state index is -3.56. The maximum absolute atomic E-state index is 12.6. The van der Waals surface area contributed by atoms with Gasteiger partial charge in [-0.25, -0.2) is 8.42 Å². The van der Waals surface area contributed by atoms with E-state index in [2.05, 4.69) is 5.32 Å². The molecular formula is C18H29NO3S. The second-order valence-corrected chi connectivity index (χ2v) is 9.37. The molecule has 0 fully saturated rings. The molecule has 5 heteroatoms. The Morgan fingerprint density at radius 3 is 2.09 bits per heavy atom. The summed E-state index contributed by atoms with van der Waals surface area (Å²) < 4.78 is 25.3. The van der Waals surface area contributed by atoms with Crippen LogP contribution in [0, 0.1) is 20.8 Å². The number of aryl methyl sites for hydroxylation is 3. The fourth-order valence-corrected chi connectivity index (χ4v) is 3.94. The molecule has 0 aliphatic heterocycles. The van der Waals surface area contributed by atoms with Crippen molar-refractivity contribution in [1.29, 1.82) is 0 Å². The van der Waals surface area contributed by atoms with Crippen LogP contribution in [0.5, 0.6) is 0 Å². The van der Waals surface area contributed by atoms with Gasteiger partial charge in [0.15, 0.2) is 9.84 Å². The van der Waals surface area contributed by atoms with Crippen molar-refractivity contribution in [2.75, 3.05) is 0 Å². The molecule has 0 aromatic heterocycles. The smallest absolute Gasteiger partial charge is 0.238 e. The Balaban J connectivity index is 3.02. The number of nitrogens with one attached hydrogen (secondary N) is 1. The minimum Gasteiger partial charge on any atom is -0.350 e. The molecule has 23 heavy (non-hydrogen) atoms. The van der Waals surface area contributed by atoms with E-state index in [1.807, 2.05) is 53.7 Å². The molecule has 1 atom stereocenters. The van der Waals surface area contributed by atoms with Gasteiger partial charge in [-0.05, 0) is 64.7 Å². The van der Waals surface area contributed by atoms with Crippen LogP contribution in [-0.4, -0.2) is 25.1 Å². The molecule has 0 aliphatic rings. The summed E-state index contributed by atoms with van der Waals surface area (Å²) in [5, 5.41) is 1.76. The summed E-state index contributed by atoms with van der Waals surface area (Å²) in [6.45, 7) is 13.0. The fraction of sp³-hybridized carbons (Fsp3) is 0.611. The average molecular weight is 340 g/mol. The van der Waals surface area contributed by atoms with Crippen molar-refractivity contribution in [2.24, 2.45) is 0 Å². The van der Waals surface area contributed by atoms with E-state index in [0.29, 0.717) is 0 Å². The van der Waals surface area contributed by atoms with Crippen molar-refractivity contribution in [3.05, 3.63) is 34.4 Å². The van der Waals surface area contributed by atoms with Gasteiger partial charge in [0.1, 0.15) is 5.25 Å². The Bertz CT molecular complexity index is 667. The number of benzene rings is 1. The highest BCUT2D eigenvalue weighted by Gasteiger charge is 2.31. The molecule has 0 heterocycles. The SMILES string of the molecule is CCC(C)(C)NC(=O)C(C)S(=O)(=O)Cc1c(C)cc(C)cc1C. The Hall–Kier alpha value is -1.36. The van der Waals surface area contributed by atoms with Gasteiger partial charge in [0.05, 0.1) is 5.75 Å². The van der Waals surface area contributed by atoms with Crippen LogP contribution in [0.2, 0.25) is 0 Å². The van der Waals surface area contributed by atoms with E-state index < -0.39 is 26.5 Å². The fourth-order valence-electron chi connectivity index (χ4n) is 2.45. The van der Waals surface area contributed by atoms with Crippen molar-refractivity contribution in [3.63, 3.8) is 0 Å². The predicted molar refractivity (Wildman–Crippen MR) is 95.3 cm³/mol. The van der Waals surface area contributed by atoms with Gasteiger partial charge in [-0.2, -0.15) is 0 Å². The maximum atomic E-state index is 12.6. The summed E-state index contributed by atoms with van der Waals surface area (Å²) in [5.74, 6) is -0.536. The Morgan fingerprint density at radius 2 is 1.65 bits per heavy atom. The number of amides is 1. The van der Waals surface area contributed by atoms with E-state index in [4.69, 9.17) is 0 Å². The lowest BCUT2D eigenvalue weighted by molar-refractivity contribution is -0.122. The van der Waals surface area contributed by atoms with Crippen molar-refractivity contribution in [1.82, 2.24) is 5.32 Å². The van der Waals surface area contributed by atoms with Gasteiger partial charge < -0.3 is 5.32 Å². The van der Waals surface area contributed by atoms with Crippen LogP contribution < -0.4 is 5.32 Å². The molecule has 130 valence electrons. The number of rotatable bonds is 6. The Morgan fingerprint density at radius 1 is 1.17 bits per heavy atom. The zero-order valence-electron chi connectivity index (χ0n) is 15.3. The van der Waals surface area contributed by atoms with E-state index in [9.17, 15) is 13.2 Å². The Kier molecular flexibility index (Phi) is 6.02. The van der Waals surface area contributed by atoms with E-state index in [1.165, 1.54) is 6.92 Å². The minimum absolute atomic E-state index is 0.105. The summed E-state index contributed by atoms with van der Waals surface area (Å²) >= 11 is 0. The van der Waals surface area contributed by atoms with Crippen LogP contribution >= 0.6 is 0 Å². The topological polar surface area (TPSA) is 63.2 Å². The molecule has 1 unspecified atom stereocenters. The van der Waals surface area contributed by atoms with Gasteiger partial charge >= 0.3 is 0 Å². The lowest BCUT2D eigenvalue weighted by atomic mass is 10.0. The molecule has 1 N–H and O–H groups in total. The Labute approximate surface area is 140 Å². The van der Waals surface area contributed by atoms with Gasteiger partial charge in [-0.3, -0.25) is 4.79 Å². The molecule has 4 nitrogen and oxygen atoms in total. The summed E-state index contributed by atoms with van der Waals surface area (Å²) in [5.41, 5.74) is 3.40. The largest absolute Gasteiger partial charge is 0.350 e. The second-order valence-electron chi connectivity index (χ2n) is 7.05. The summed E-state index contributed by atoms with van der Waals surface area (Å²) in [4.78, 5) is 12.3. The number of hydrogen-bond donors (Lipinski definition) is 1. The predicted octanol–water partition coefficient (Wildman–Crippen LogP) is 3.22. The van der Waals surface area contributed by atoms with E-state index in [0.717, 1.165) is 28.7 Å². The van der Waals surface area contributed by atoms with Gasteiger partial charge in [0.2, 0.25) is 5.91 Å². The summed E-state index contributed by atoms with van der Waals surface area (Å²) in [6, 6.07) is 3.95. The lowest BCUT2D eigenvalue weighted by Crippen LogP contribution is -2.48. The summed E-state index contributed by atoms with van der Waals surface area (Å²) in [7, 11) is -3.56. The first kappa shape index (κ1) is 19.7. The van der Waals surface area contributed by atoms with Crippen LogP contribution in [0.1, 0.15) is 56.4 Å². The molecule has 0 aliphatic carbocycles. The third kappa shape index (κ3) is 5.06. The summed E-state index contributed by atoms with van der Waals surface area (Å²) in [6.07, 6.45) is 0.738. The third-order valence-corrected chi connectivity index (χ3v) is 6.42. The number of sulfone groups is 1. The number of carbonyl (C=O) groups is 1. The average Bonchev–Trinajstić information content (AvgIpc) is 2.41. The molecule has 1 aromatic rings. The molecule has 0 radical (unpaired) electrons. The maximum Gasteiger partial charge on any atom is 0.238 e. The highest BCUT2D eigenvalue weighted by molar-refractivity contribution is 7.92. The second kappa shape index (κ2) is 7.04. The normalized spacial score (nSPS) is 13.7. The first-order chi connectivity index (χ1) is 10.4. The molecule has 1 rings (SSSR count). The van der Waals surface area contributed by atoms with Gasteiger partial charge in [-0.1, -0.05) is 24.6 Å². The van der Waals surface area contributed by atoms with Gasteiger partial charge in [0.25, 0.3) is 0 Å². The molecule has 1 amide bonds. The van der Waals surface area contributed by atoms with Crippen LogP contribution in [0.25, 0.3) is 0 Å². The van der Waals surface area contributed by atoms with Crippen molar-refractivity contribution in [2.45, 2.75) is 71.4 Å². The van der Waals surface area contributed by atoms with Crippen LogP contribution in [0.4, 0.5) is 0 Å². The highest BCUT2D eigenvalue weighted by atomic mass is 32.2. The van der Waals surface area contributed by atoms with Crippen molar-refractivity contribution < 1.29 is 13.2 Å². The molecule has 0 bridgehead atoms. The zero-order valence-corrected chi connectivity index (χ0v) is 16.1. The van der Waals surface area contributed by atoms with Gasteiger partial charge in [-0.15, -0.1) is 0 Å². The molecule has 0 saturated carbocycles. The van der Waals surface area contributed by atoms with Crippen LogP contribution in [-0.2, 0) is 20.4 Å². The zero-order chi connectivity index (χ0) is 18.0.